The fourth-order valence-corrected chi connectivity index (χ4v) is 3.69. The second-order valence-electron chi connectivity index (χ2n) is 4.39. The first-order chi connectivity index (χ1) is 9.68. The summed E-state index contributed by atoms with van der Waals surface area (Å²) in [5.74, 6) is -2.67. The van der Waals surface area contributed by atoms with E-state index in [1.54, 1.807) is 6.92 Å². The normalized spacial score (nSPS) is 11.4. The molecule has 1 amide bonds. The summed E-state index contributed by atoms with van der Waals surface area (Å²) in [5.41, 5.74) is 0.274. The molecule has 1 aromatic carbocycles. The number of rotatable bonds is 3. The molecule has 4 nitrogen and oxygen atoms in total. The summed E-state index contributed by atoms with van der Waals surface area (Å²) in [4.78, 5) is 12.6. The van der Waals surface area contributed by atoms with E-state index in [9.17, 15) is 22.0 Å². The lowest BCUT2D eigenvalue weighted by molar-refractivity contribution is 0.102. The van der Waals surface area contributed by atoms with Crippen molar-refractivity contribution in [3.63, 3.8) is 0 Å². The van der Waals surface area contributed by atoms with Gasteiger partial charge >= 0.3 is 0 Å². The van der Waals surface area contributed by atoms with Gasteiger partial charge in [0.05, 0.1) is 5.56 Å². The molecule has 1 aromatic heterocycles. The Bertz CT molecular complexity index is 813. The van der Waals surface area contributed by atoms with E-state index in [-0.39, 0.29) is 15.5 Å². The van der Waals surface area contributed by atoms with Crippen LogP contribution in [0.5, 0.6) is 0 Å². The molecule has 0 spiro atoms. The average molecular weight is 331 g/mol. The van der Waals surface area contributed by atoms with Crippen LogP contribution in [-0.2, 0) is 9.84 Å². The Morgan fingerprint density at radius 3 is 2.38 bits per heavy atom. The molecule has 0 saturated heterocycles. The number of nitrogens with one attached hydrogen (secondary N) is 1. The SMILES string of the molecule is Cc1sc(S(C)(=O)=O)cc1C(=O)Nc1ccc(F)c(F)c1. The van der Waals surface area contributed by atoms with Crippen molar-refractivity contribution >= 4 is 32.8 Å². The van der Waals surface area contributed by atoms with Gasteiger partial charge in [-0.25, -0.2) is 17.2 Å². The molecule has 2 rings (SSSR count). The zero-order valence-corrected chi connectivity index (χ0v) is 12.7. The number of hydrogen-bond donors (Lipinski definition) is 1. The van der Waals surface area contributed by atoms with Crippen molar-refractivity contribution < 1.29 is 22.0 Å². The Balaban J connectivity index is 2.28. The summed E-state index contributed by atoms with van der Waals surface area (Å²) >= 11 is 0.983. The molecule has 1 heterocycles. The highest BCUT2D eigenvalue weighted by Gasteiger charge is 2.18. The predicted octanol–water partition coefficient (Wildman–Crippen LogP) is 2.99. The molecule has 0 atom stereocenters. The molecule has 0 aliphatic rings. The van der Waals surface area contributed by atoms with Gasteiger partial charge in [-0.05, 0) is 25.1 Å². The molecular weight excluding hydrogens is 320 g/mol. The Kier molecular flexibility index (Phi) is 4.11. The fraction of sp³-hybridized carbons (Fsp3) is 0.154. The lowest BCUT2D eigenvalue weighted by Crippen LogP contribution is -2.12. The lowest BCUT2D eigenvalue weighted by atomic mass is 10.2. The highest BCUT2D eigenvalue weighted by atomic mass is 32.2. The average Bonchev–Trinajstić information content (AvgIpc) is 2.76. The Labute approximate surface area is 124 Å². The van der Waals surface area contributed by atoms with Crippen molar-refractivity contribution in [1.82, 2.24) is 0 Å². The van der Waals surface area contributed by atoms with Gasteiger partial charge in [0, 0.05) is 22.9 Å². The Morgan fingerprint density at radius 1 is 1.19 bits per heavy atom. The number of thiophene rings is 1. The van der Waals surface area contributed by atoms with E-state index in [1.807, 2.05) is 0 Å². The van der Waals surface area contributed by atoms with E-state index in [0.717, 1.165) is 29.7 Å². The van der Waals surface area contributed by atoms with Crippen LogP contribution in [0.4, 0.5) is 14.5 Å². The Morgan fingerprint density at radius 2 is 1.86 bits per heavy atom. The van der Waals surface area contributed by atoms with Gasteiger partial charge in [-0.15, -0.1) is 11.3 Å². The van der Waals surface area contributed by atoms with Gasteiger partial charge in [-0.3, -0.25) is 4.79 Å². The van der Waals surface area contributed by atoms with Crippen molar-refractivity contribution in [2.45, 2.75) is 11.1 Å². The number of sulfone groups is 1. The maximum absolute atomic E-state index is 13.1. The van der Waals surface area contributed by atoms with Crippen LogP contribution in [-0.4, -0.2) is 20.6 Å². The fourth-order valence-electron chi connectivity index (χ4n) is 1.64. The third-order valence-electron chi connectivity index (χ3n) is 2.68. The van der Waals surface area contributed by atoms with Crippen molar-refractivity contribution in [3.8, 4) is 0 Å². The van der Waals surface area contributed by atoms with E-state index < -0.39 is 27.4 Å². The molecule has 8 heteroatoms. The minimum Gasteiger partial charge on any atom is -0.322 e. The van der Waals surface area contributed by atoms with E-state index in [4.69, 9.17) is 0 Å². The van der Waals surface area contributed by atoms with E-state index in [0.29, 0.717) is 4.88 Å². The molecule has 1 N–H and O–H groups in total. The quantitative estimate of drug-likeness (QED) is 0.940. The van der Waals surface area contributed by atoms with Crippen LogP contribution < -0.4 is 5.32 Å². The van der Waals surface area contributed by atoms with Crippen LogP contribution in [0.3, 0.4) is 0 Å². The first-order valence-electron chi connectivity index (χ1n) is 5.75. The zero-order chi connectivity index (χ0) is 15.8. The monoisotopic (exact) mass is 331 g/mol. The van der Waals surface area contributed by atoms with Crippen LogP contribution in [0.15, 0.2) is 28.5 Å². The van der Waals surface area contributed by atoms with Crippen LogP contribution in [0.1, 0.15) is 15.2 Å². The van der Waals surface area contributed by atoms with E-state index in [2.05, 4.69) is 5.32 Å². The number of hydrogen-bond acceptors (Lipinski definition) is 4. The Hall–Kier alpha value is -1.80. The number of halogens is 2. The van der Waals surface area contributed by atoms with Gasteiger partial charge in [0.2, 0.25) is 0 Å². The van der Waals surface area contributed by atoms with Crippen molar-refractivity contribution in [2.24, 2.45) is 0 Å². The molecule has 0 unspecified atom stereocenters. The standard InChI is InChI=1S/C13H11F2NO3S2/c1-7-9(6-12(20-7)21(2,18)19)13(17)16-8-3-4-10(14)11(15)5-8/h3-6H,1-2H3,(H,16,17). The van der Waals surface area contributed by atoms with Crippen LogP contribution in [0.25, 0.3) is 0 Å². The number of benzene rings is 1. The predicted molar refractivity (Wildman–Crippen MR) is 76.5 cm³/mol. The van der Waals surface area contributed by atoms with Gasteiger partial charge in [0.1, 0.15) is 4.21 Å². The molecule has 112 valence electrons. The van der Waals surface area contributed by atoms with Gasteiger partial charge < -0.3 is 5.32 Å². The molecule has 0 aliphatic heterocycles. The second-order valence-corrected chi connectivity index (χ2v) is 7.89. The number of carbonyl (C=O) groups is 1. The topological polar surface area (TPSA) is 63.2 Å². The molecule has 0 saturated carbocycles. The highest BCUT2D eigenvalue weighted by molar-refractivity contribution is 7.92. The van der Waals surface area contributed by atoms with Crippen molar-refractivity contribution in [1.29, 1.82) is 0 Å². The summed E-state index contributed by atoms with van der Waals surface area (Å²) in [7, 11) is -3.39. The maximum atomic E-state index is 13.1. The van der Waals surface area contributed by atoms with Gasteiger partial charge in [-0.1, -0.05) is 0 Å². The number of carbonyl (C=O) groups excluding carboxylic acids is 1. The van der Waals surface area contributed by atoms with Crippen LogP contribution in [0, 0.1) is 18.6 Å². The minimum atomic E-state index is -3.39. The molecular formula is C13H11F2NO3S2. The largest absolute Gasteiger partial charge is 0.322 e. The van der Waals surface area contributed by atoms with Gasteiger partial charge in [0.25, 0.3) is 5.91 Å². The van der Waals surface area contributed by atoms with Crippen molar-refractivity contribution in [3.05, 3.63) is 46.3 Å². The molecule has 0 bridgehead atoms. The number of anilines is 1. The molecule has 0 fully saturated rings. The second kappa shape index (κ2) is 5.53. The first kappa shape index (κ1) is 15.6. The summed E-state index contributed by atoms with van der Waals surface area (Å²) in [6.07, 6.45) is 1.05. The summed E-state index contributed by atoms with van der Waals surface area (Å²) in [6, 6.07) is 4.24. The van der Waals surface area contributed by atoms with Gasteiger partial charge in [-0.2, -0.15) is 0 Å². The third kappa shape index (κ3) is 3.45. The van der Waals surface area contributed by atoms with Crippen molar-refractivity contribution in [2.75, 3.05) is 11.6 Å². The van der Waals surface area contributed by atoms with E-state index in [1.165, 1.54) is 12.1 Å². The highest BCUT2D eigenvalue weighted by Crippen LogP contribution is 2.26. The van der Waals surface area contributed by atoms with Crippen LogP contribution >= 0.6 is 11.3 Å². The third-order valence-corrected chi connectivity index (χ3v) is 5.53. The zero-order valence-electron chi connectivity index (χ0n) is 11.1. The molecule has 0 aliphatic carbocycles. The van der Waals surface area contributed by atoms with Gasteiger partial charge in [0.15, 0.2) is 21.5 Å². The van der Waals surface area contributed by atoms with Crippen LogP contribution in [0.2, 0.25) is 0 Å². The summed E-state index contributed by atoms with van der Waals surface area (Å²) in [5, 5.41) is 2.40. The minimum absolute atomic E-state index is 0.0791. The summed E-state index contributed by atoms with van der Waals surface area (Å²) < 4.78 is 48.9. The first-order valence-corrected chi connectivity index (χ1v) is 8.46. The number of amides is 1. The maximum Gasteiger partial charge on any atom is 0.256 e. The number of aryl methyl sites for hydroxylation is 1. The lowest BCUT2D eigenvalue weighted by Gasteiger charge is -2.05. The molecule has 21 heavy (non-hydrogen) atoms. The smallest absolute Gasteiger partial charge is 0.256 e. The molecule has 0 radical (unpaired) electrons. The van der Waals surface area contributed by atoms with E-state index >= 15 is 0 Å². The molecule has 2 aromatic rings. The summed E-state index contributed by atoms with van der Waals surface area (Å²) in [6.45, 7) is 1.61.